The maximum absolute atomic E-state index is 12.6. The van der Waals surface area contributed by atoms with Gasteiger partial charge in [0.25, 0.3) is 0 Å². The van der Waals surface area contributed by atoms with E-state index in [1.54, 1.807) is 20.8 Å². The van der Waals surface area contributed by atoms with Crippen molar-refractivity contribution >= 4 is 19.2 Å². The molecule has 0 aromatic heterocycles. The van der Waals surface area contributed by atoms with Crippen LogP contribution in [0.2, 0.25) is 6.32 Å². The maximum atomic E-state index is 12.6. The second-order valence-electron chi connectivity index (χ2n) is 10.2. The molecule has 0 saturated carbocycles. The number of likely N-dealkylation sites (tertiary alicyclic amines) is 1. The number of amides is 1. The molecule has 166 valence electrons. The Labute approximate surface area is 174 Å². The Morgan fingerprint density at radius 2 is 1.69 bits per heavy atom. The molecule has 2 heterocycles. The lowest BCUT2D eigenvalue weighted by Crippen LogP contribution is -2.54. The molecule has 2 fully saturated rings. The third kappa shape index (κ3) is 5.24. The van der Waals surface area contributed by atoms with Crippen LogP contribution >= 0.6 is 0 Å². The lowest BCUT2D eigenvalue weighted by atomic mass is 9.80. The predicted molar refractivity (Wildman–Crippen MR) is 109 cm³/mol. The highest BCUT2D eigenvalue weighted by Gasteiger charge is 2.54. The Morgan fingerprint density at radius 3 is 2.17 bits per heavy atom. The summed E-state index contributed by atoms with van der Waals surface area (Å²) in [6.45, 7) is 13.1. The molecule has 2 aliphatic heterocycles. The van der Waals surface area contributed by atoms with Crippen LogP contribution in [0.1, 0.15) is 74.1 Å². The van der Waals surface area contributed by atoms with Crippen LogP contribution in [0.25, 0.3) is 0 Å². The van der Waals surface area contributed by atoms with Crippen LogP contribution in [0.15, 0.2) is 0 Å². The summed E-state index contributed by atoms with van der Waals surface area (Å²) >= 11 is 0. The standard InChI is InChI=1S/C20H36BNO7/c1-17(2,3)27-16(26)22-13-14(23)12-20(22,15(24)25)10-8-9-11-21-28-18(4,5)19(6,7)29-21/h14,23H,8-13H2,1-7H3,(H,24,25)/t14-,20-/m1/s1. The molecule has 29 heavy (non-hydrogen) atoms. The van der Waals surface area contributed by atoms with Gasteiger partial charge in [0, 0.05) is 6.42 Å². The number of carbonyl (C=O) groups is 2. The average Bonchev–Trinajstić information content (AvgIpc) is 2.96. The number of β-amino-alcohol motifs (C(OH)–C–C–N with tert-alkyl or cyclic N) is 1. The van der Waals surface area contributed by atoms with Gasteiger partial charge in [0.05, 0.1) is 23.9 Å². The number of hydrogen-bond donors (Lipinski definition) is 2. The summed E-state index contributed by atoms with van der Waals surface area (Å²) < 4.78 is 17.3. The van der Waals surface area contributed by atoms with Crippen molar-refractivity contribution in [2.75, 3.05) is 6.54 Å². The molecule has 2 aliphatic rings. The fourth-order valence-electron chi connectivity index (χ4n) is 3.87. The van der Waals surface area contributed by atoms with Gasteiger partial charge >= 0.3 is 19.2 Å². The molecule has 0 bridgehead atoms. The van der Waals surface area contributed by atoms with Crippen molar-refractivity contribution in [3.63, 3.8) is 0 Å². The lowest BCUT2D eigenvalue weighted by Gasteiger charge is -2.35. The molecule has 2 rings (SSSR count). The van der Waals surface area contributed by atoms with E-state index in [4.69, 9.17) is 14.0 Å². The first-order valence-corrected chi connectivity index (χ1v) is 10.4. The first-order valence-electron chi connectivity index (χ1n) is 10.4. The minimum atomic E-state index is -1.46. The average molecular weight is 413 g/mol. The number of unbranched alkanes of at least 4 members (excludes halogenated alkanes) is 1. The molecule has 2 atom stereocenters. The lowest BCUT2D eigenvalue weighted by molar-refractivity contribution is -0.150. The van der Waals surface area contributed by atoms with E-state index < -0.39 is 40.5 Å². The Bertz CT molecular complexity index is 615. The molecular weight excluding hydrogens is 377 g/mol. The van der Waals surface area contributed by atoms with Crippen molar-refractivity contribution < 1.29 is 33.8 Å². The Kier molecular flexibility index (Phi) is 6.67. The normalized spacial score (nSPS) is 28.6. The number of aliphatic hydroxyl groups excluding tert-OH is 1. The first-order chi connectivity index (χ1) is 13.1. The molecule has 8 nitrogen and oxygen atoms in total. The van der Waals surface area contributed by atoms with Gasteiger partial charge in [0.2, 0.25) is 0 Å². The number of hydrogen-bond acceptors (Lipinski definition) is 6. The van der Waals surface area contributed by atoms with Gasteiger partial charge in [-0.25, -0.2) is 9.59 Å². The number of rotatable bonds is 6. The Balaban J connectivity index is 1.99. The summed E-state index contributed by atoms with van der Waals surface area (Å²) in [6, 6.07) is 0. The zero-order chi connectivity index (χ0) is 22.3. The number of nitrogens with zero attached hydrogens (tertiary/aromatic N) is 1. The summed E-state index contributed by atoms with van der Waals surface area (Å²) in [6.07, 6.45) is 0.518. The Hall–Kier alpha value is -1.32. The van der Waals surface area contributed by atoms with Gasteiger partial charge in [0.15, 0.2) is 0 Å². The molecular formula is C20H36BNO7. The van der Waals surface area contributed by atoms with Gasteiger partial charge in [0.1, 0.15) is 11.1 Å². The van der Waals surface area contributed by atoms with Crippen LogP contribution in [0, 0.1) is 0 Å². The van der Waals surface area contributed by atoms with E-state index in [0.29, 0.717) is 19.2 Å². The van der Waals surface area contributed by atoms with Gasteiger partial charge < -0.3 is 24.3 Å². The van der Waals surface area contributed by atoms with E-state index in [2.05, 4.69) is 0 Å². The van der Waals surface area contributed by atoms with E-state index >= 15 is 0 Å². The molecule has 9 heteroatoms. The predicted octanol–water partition coefficient (Wildman–Crippen LogP) is 3.07. The van der Waals surface area contributed by atoms with E-state index in [0.717, 1.165) is 0 Å². The largest absolute Gasteiger partial charge is 0.479 e. The van der Waals surface area contributed by atoms with Crippen molar-refractivity contribution in [1.29, 1.82) is 0 Å². The summed E-state index contributed by atoms with van der Waals surface area (Å²) in [4.78, 5) is 25.9. The molecule has 0 aromatic carbocycles. The van der Waals surface area contributed by atoms with Crippen LogP contribution in [-0.4, -0.2) is 69.3 Å². The highest BCUT2D eigenvalue weighted by molar-refractivity contribution is 6.45. The zero-order valence-corrected chi connectivity index (χ0v) is 18.8. The molecule has 1 amide bonds. The van der Waals surface area contributed by atoms with Gasteiger partial charge in [-0.15, -0.1) is 0 Å². The van der Waals surface area contributed by atoms with Crippen molar-refractivity contribution in [2.24, 2.45) is 0 Å². The topological polar surface area (TPSA) is 106 Å². The van der Waals surface area contributed by atoms with Crippen LogP contribution in [0.3, 0.4) is 0 Å². The number of aliphatic carboxylic acids is 1. The number of aliphatic hydroxyl groups is 1. The number of carbonyl (C=O) groups excluding carboxylic acids is 1. The number of carboxylic acids is 1. The van der Waals surface area contributed by atoms with Crippen LogP contribution < -0.4 is 0 Å². The number of carboxylic acid groups (broad SMARTS) is 1. The van der Waals surface area contributed by atoms with Gasteiger partial charge in [-0.3, -0.25) is 4.90 Å². The smallest absolute Gasteiger partial charge is 0.457 e. The third-order valence-corrected chi connectivity index (χ3v) is 6.08. The third-order valence-electron chi connectivity index (χ3n) is 6.08. The molecule has 2 N–H and O–H groups in total. The van der Waals surface area contributed by atoms with E-state index in [9.17, 15) is 19.8 Å². The fourth-order valence-corrected chi connectivity index (χ4v) is 3.87. The summed E-state index contributed by atoms with van der Waals surface area (Å²) in [5.41, 5.74) is -3.00. The van der Waals surface area contributed by atoms with Crippen molar-refractivity contribution in [1.82, 2.24) is 4.90 Å². The summed E-state index contributed by atoms with van der Waals surface area (Å²) in [7, 11) is -0.336. The Morgan fingerprint density at radius 1 is 1.14 bits per heavy atom. The summed E-state index contributed by atoms with van der Waals surface area (Å²) in [5, 5.41) is 20.1. The zero-order valence-electron chi connectivity index (χ0n) is 18.8. The van der Waals surface area contributed by atoms with Gasteiger partial charge in [-0.1, -0.05) is 12.8 Å². The second kappa shape index (κ2) is 8.08. The van der Waals surface area contributed by atoms with Gasteiger partial charge in [-0.2, -0.15) is 0 Å². The summed E-state index contributed by atoms with van der Waals surface area (Å²) in [5.74, 6) is -1.12. The monoisotopic (exact) mass is 413 g/mol. The molecule has 2 saturated heterocycles. The highest BCUT2D eigenvalue weighted by Crippen LogP contribution is 2.39. The molecule has 0 aromatic rings. The highest BCUT2D eigenvalue weighted by atomic mass is 16.7. The quantitative estimate of drug-likeness (QED) is 0.509. The van der Waals surface area contributed by atoms with E-state index in [1.807, 2.05) is 27.7 Å². The van der Waals surface area contributed by atoms with Crippen LogP contribution in [-0.2, 0) is 18.8 Å². The number of ether oxygens (including phenoxy) is 1. The second-order valence-corrected chi connectivity index (χ2v) is 10.2. The first kappa shape index (κ1) is 24.0. The van der Waals surface area contributed by atoms with Crippen LogP contribution in [0.5, 0.6) is 0 Å². The molecule has 0 aliphatic carbocycles. The van der Waals surface area contributed by atoms with Crippen molar-refractivity contribution in [2.45, 2.75) is 109 Å². The molecule has 0 spiro atoms. The fraction of sp³-hybridized carbons (Fsp3) is 0.900. The van der Waals surface area contributed by atoms with E-state index in [1.165, 1.54) is 4.90 Å². The molecule has 0 radical (unpaired) electrons. The maximum Gasteiger partial charge on any atom is 0.457 e. The van der Waals surface area contributed by atoms with E-state index in [-0.39, 0.29) is 26.5 Å². The van der Waals surface area contributed by atoms with Crippen molar-refractivity contribution in [3.8, 4) is 0 Å². The SMILES string of the molecule is CC(C)(C)OC(=O)N1C[C@H](O)C[C@]1(CCCCB1OC(C)(C)C(C)(C)O1)C(=O)O. The minimum absolute atomic E-state index is 0.00192. The van der Waals surface area contributed by atoms with Crippen molar-refractivity contribution in [3.05, 3.63) is 0 Å². The van der Waals surface area contributed by atoms with Crippen LogP contribution in [0.4, 0.5) is 4.79 Å². The minimum Gasteiger partial charge on any atom is -0.479 e. The molecule has 0 unspecified atom stereocenters. The van der Waals surface area contributed by atoms with Gasteiger partial charge in [-0.05, 0) is 61.2 Å².